The highest BCUT2D eigenvalue weighted by Crippen LogP contribution is 2.48. The molecule has 0 atom stereocenters. The summed E-state index contributed by atoms with van der Waals surface area (Å²) >= 11 is 10.2. The minimum absolute atomic E-state index is 0.412. The van der Waals surface area contributed by atoms with Gasteiger partial charge in [-0.3, -0.25) is 4.57 Å². The van der Waals surface area contributed by atoms with Crippen LogP contribution < -0.4 is 0 Å². The molecule has 0 unspecified atom stereocenters. The number of halogens is 3. The van der Waals surface area contributed by atoms with Crippen molar-refractivity contribution in [3.8, 4) is 0 Å². The van der Waals surface area contributed by atoms with Crippen molar-refractivity contribution in [3.05, 3.63) is 68.6 Å². The van der Waals surface area contributed by atoms with Crippen LogP contribution in [0, 0.1) is 0 Å². The Bertz CT molecular complexity index is 715. The third-order valence-electron chi connectivity index (χ3n) is 3.49. The summed E-state index contributed by atoms with van der Waals surface area (Å²) in [4.78, 5) is 0. The first-order valence-corrected chi connectivity index (χ1v) is 13.3. The number of alkyl halides is 1. The molecule has 0 aliphatic rings. The van der Waals surface area contributed by atoms with Crippen LogP contribution in [0.2, 0.25) is 0 Å². The van der Waals surface area contributed by atoms with Gasteiger partial charge in [0.05, 0.1) is 19.4 Å². The van der Waals surface area contributed by atoms with Crippen LogP contribution >= 0.6 is 55.4 Å². The molecule has 0 amide bonds. The molecule has 2 rings (SSSR count). The van der Waals surface area contributed by atoms with E-state index in [1.165, 1.54) is 5.56 Å². The van der Waals surface area contributed by atoms with E-state index in [2.05, 4.69) is 66.0 Å². The molecule has 0 aliphatic carbocycles. The lowest BCUT2D eigenvalue weighted by Crippen LogP contribution is -2.02. The molecule has 2 aromatic carbocycles. The molecule has 0 N–H and O–H groups in total. The molecule has 0 bridgehead atoms. The first kappa shape index (κ1) is 25.1. The van der Waals surface area contributed by atoms with Crippen LogP contribution in [0.25, 0.3) is 0 Å². The summed E-state index contributed by atoms with van der Waals surface area (Å²) in [7, 11) is -2.92. The van der Waals surface area contributed by atoms with E-state index in [0.29, 0.717) is 25.8 Å². The molecule has 150 valence electrons. The Labute approximate surface area is 188 Å². The maximum atomic E-state index is 12.2. The predicted octanol–water partition coefficient (Wildman–Crippen LogP) is 7.64. The largest absolute Gasteiger partial charge is 0.330 e. The lowest BCUT2D eigenvalue weighted by Gasteiger charge is -2.16. The van der Waals surface area contributed by atoms with Gasteiger partial charge in [0.2, 0.25) is 0 Å². The topological polar surface area (TPSA) is 35.5 Å². The van der Waals surface area contributed by atoms with Crippen molar-refractivity contribution in [1.82, 2.24) is 0 Å². The predicted molar refractivity (Wildman–Crippen MR) is 125 cm³/mol. The van der Waals surface area contributed by atoms with Crippen molar-refractivity contribution in [1.29, 1.82) is 0 Å². The summed E-state index contributed by atoms with van der Waals surface area (Å²) in [5.41, 5.74) is 2.49. The zero-order chi connectivity index (χ0) is 20.1. The Balaban J connectivity index is 0.000000309. The van der Waals surface area contributed by atoms with Crippen LogP contribution in [0.1, 0.15) is 25.0 Å². The van der Waals surface area contributed by atoms with Crippen LogP contribution in [0.4, 0.5) is 0 Å². The molecule has 0 radical (unpaired) electrons. The third kappa shape index (κ3) is 11.0. The maximum Gasteiger partial charge on any atom is 0.330 e. The van der Waals surface area contributed by atoms with Gasteiger partial charge in [0.25, 0.3) is 0 Å². The van der Waals surface area contributed by atoms with Crippen LogP contribution in [-0.2, 0) is 26.5 Å². The van der Waals surface area contributed by atoms with Crippen molar-refractivity contribution in [3.63, 3.8) is 0 Å². The van der Waals surface area contributed by atoms with E-state index in [-0.39, 0.29) is 0 Å². The Hall–Kier alpha value is 0.0300. The first-order valence-electron chi connectivity index (χ1n) is 8.85. The van der Waals surface area contributed by atoms with Gasteiger partial charge in [-0.15, -0.1) is 0 Å². The Morgan fingerprint density at radius 2 is 1.33 bits per heavy atom. The Morgan fingerprint density at radius 1 is 0.852 bits per heavy atom. The molecule has 7 heteroatoms. The summed E-state index contributed by atoms with van der Waals surface area (Å²) in [6, 6.07) is 16.3. The summed E-state index contributed by atoms with van der Waals surface area (Å²) < 4.78 is 24.9. The number of rotatable bonds is 9. The summed E-state index contributed by atoms with van der Waals surface area (Å²) in [6.07, 6.45) is 2.21. The van der Waals surface area contributed by atoms with Gasteiger partial charge in [0.15, 0.2) is 0 Å². The van der Waals surface area contributed by atoms with Crippen LogP contribution in [0.5, 0.6) is 0 Å². The summed E-state index contributed by atoms with van der Waals surface area (Å²) in [5.74, 6) is 0. The van der Waals surface area contributed by atoms with Gasteiger partial charge in [-0.25, -0.2) is 0 Å². The van der Waals surface area contributed by atoms with E-state index in [1.54, 1.807) is 0 Å². The fourth-order valence-electron chi connectivity index (χ4n) is 2.32. The lowest BCUT2D eigenvalue weighted by molar-refractivity contribution is 0.220. The molecule has 0 aliphatic heterocycles. The monoisotopic (exact) mass is 582 g/mol. The van der Waals surface area contributed by atoms with Crippen molar-refractivity contribution in [2.75, 3.05) is 24.7 Å². The van der Waals surface area contributed by atoms with Gasteiger partial charge in [-0.05, 0) is 62.1 Å². The molecule has 0 saturated heterocycles. The first-order chi connectivity index (χ1) is 12.9. The number of aryl methyl sites for hydroxylation is 2. The molecule has 0 fully saturated rings. The van der Waals surface area contributed by atoms with Crippen LogP contribution in [0.15, 0.2) is 57.5 Å². The Morgan fingerprint density at radius 3 is 1.74 bits per heavy atom. The minimum atomic E-state index is -2.92. The van der Waals surface area contributed by atoms with Crippen molar-refractivity contribution >= 4 is 55.4 Å². The van der Waals surface area contributed by atoms with E-state index < -0.39 is 7.60 Å². The van der Waals surface area contributed by atoms with Gasteiger partial charge in [-0.1, -0.05) is 72.1 Å². The van der Waals surface area contributed by atoms with E-state index >= 15 is 0 Å². The minimum Gasteiger partial charge on any atom is -0.309 e. The molecule has 2 aromatic rings. The standard InChI is InChI=1S/C12H18BrO3P.C8H8Br2/c1-3-15-17(14,16-4-2)9-8-11-6-5-7-12(13)10-11;9-5-4-7-2-1-3-8(10)6-7/h5-7,10H,3-4,8-9H2,1-2H3;1-3,6H,4-5H2. The zero-order valence-electron chi connectivity index (χ0n) is 15.7. The molecule has 0 spiro atoms. The summed E-state index contributed by atoms with van der Waals surface area (Å²) in [6.45, 7) is 4.47. The molecule has 3 nitrogen and oxygen atoms in total. The molecule has 0 saturated carbocycles. The summed E-state index contributed by atoms with van der Waals surface area (Å²) in [5, 5.41) is 1.03. The highest BCUT2D eigenvalue weighted by atomic mass is 79.9. The quantitative estimate of drug-likeness (QED) is 0.224. The fourth-order valence-corrected chi connectivity index (χ4v) is 5.32. The second kappa shape index (κ2) is 14.1. The molecule has 0 heterocycles. The smallest absolute Gasteiger partial charge is 0.309 e. The normalized spacial score (nSPS) is 11.0. The van der Waals surface area contributed by atoms with Gasteiger partial charge < -0.3 is 9.05 Å². The maximum absolute atomic E-state index is 12.2. The number of hydrogen-bond acceptors (Lipinski definition) is 3. The number of hydrogen-bond donors (Lipinski definition) is 0. The van der Waals surface area contributed by atoms with Gasteiger partial charge >= 0.3 is 7.60 Å². The van der Waals surface area contributed by atoms with Crippen LogP contribution in [0.3, 0.4) is 0 Å². The number of benzene rings is 2. The van der Waals surface area contributed by atoms with Crippen molar-refractivity contribution in [2.45, 2.75) is 26.7 Å². The van der Waals surface area contributed by atoms with Crippen LogP contribution in [-0.4, -0.2) is 24.7 Å². The SMILES string of the molecule is BrCCc1cccc(Br)c1.CCOP(=O)(CCc1cccc(Br)c1)OCC. The highest BCUT2D eigenvalue weighted by Gasteiger charge is 2.22. The van der Waals surface area contributed by atoms with E-state index in [1.807, 2.05) is 44.2 Å². The average Bonchev–Trinajstić information content (AvgIpc) is 2.62. The average molecular weight is 585 g/mol. The second-order valence-corrected chi connectivity index (χ2v) is 10.4. The lowest BCUT2D eigenvalue weighted by atomic mass is 10.2. The third-order valence-corrected chi connectivity index (χ3v) is 6.94. The van der Waals surface area contributed by atoms with Crippen molar-refractivity contribution in [2.24, 2.45) is 0 Å². The van der Waals surface area contributed by atoms with Crippen molar-refractivity contribution < 1.29 is 13.6 Å². The van der Waals surface area contributed by atoms with E-state index in [0.717, 1.165) is 26.3 Å². The van der Waals surface area contributed by atoms with E-state index in [4.69, 9.17) is 9.05 Å². The highest BCUT2D eigenvalue weighted by molar-refractivity contribution is 9.10. The van der Waals surface area contributed by atoms with E-state index in [9.17, 15) is 4.57 Å². The zero-order valence-corrected chi connectivity index (χ0v) is 21.3. The molecule has 27 heavy (non-hydrogen) atoms. The molecular formula is C20H26Br3O3P. The van der Waals surface area contributed by atoms with Gasteiger partial charge in [-0.2, -0.15) is 0 Å². The molecular weight excluding hydrogens is 559 g/mol. The second-order valence-electron chi connectivity index (χ2n) is 5.62. The van der Waals surface area contributed by atoms with Gasteiger partial charge in [0.1, 0.15) is 0 Å². The fraction of sp³-hybridized carbons (Fsp3) is 0.400. The van der Waals surface area contributed by atoms with Gasteiger partial charge in [0, 0.05) is 14.3 Å². The Kier molecular flexibility index (Phi) is 13.1. The molecule has 0 aromatic heterocycles.